The van der Waals surface area contributed by atoms with E-state index in [1.807, 2.05) is 18.4 Å². The zero-order valence-corrected chi connectivity index (χ0v) is 14.1. The summed E-state index contributed by atoms with van der Waals surface area (Å²) < 4.78 is 0. The molecule has 0 unspecified atom stereocenters. The van der Waals surface area contributed by atoms with Gasteiger partial charge in [0, 0.05) is 22.7 Å². The smallest absolute Gasteiger partial charge is 0.246 e. The van der Waals surface area contributed by atoms with Crippen molar-refractivity contribution >= 4 is 23.0 Å². The number of nitrogens with zero attached hydrogens (tertiary/aromatic N) is 2. The SMILES string of the molecule is Cc1csc(CC(=O)NN=C2CCCC[C@H]2c2ccccc2)n1. The molecular weight excluding hydrogens is 306 g/mol. The summed E-state index contributed by atoms with van der Waals surface area (Å²) in [5.41, 5.74) is 6.06. The van der Waals surface area contributed by atoms with Crippen molar-refractivity contribution in [3.63, 3.8) is 0 Å². The van der Waals surface area contributed by atoms with Gasteiger partial charge in [-0.15, -0.1) is 11.3 Å². The molecule has 4 nitrogen and oxygen atoms in total. The van der Waals surface area contributed by atoms with Gasteiger partial charge in [0.25, 0.3) is 0 Å². The topological polar surface area (TPSA) is 54.4 Å². The van der Waals surface area contributed by atoms with Gasteiger partial charge in [0.2, 0.25) is 5.91 Å². The number of aromatic nitrogens is 1. The molecule has 0 radical (unpaired) electrons. The van der Waals surface area contributed by atoms with Crippen LogP contribution in [0.2, 0.25) is 0 Å². The first kappa shape index (κ1) is 15.9. The third-order valence-electron chi connectivity index (χ3n) is 4.08. The van der Waals surface area contributed by atoms with E-state index in [0.29, 0.717) is 12.3 Å². The van der Waals surface area contributed by atoms with Crippen LogP contribution in [-0.4, -0.2) is 16.6 Å². The molecule has 1 amide bonds. The van der Waals surface area contributed by atoms with Crippen LogP contribution < -0.4 is 5.43 Å². The fourth-order valence-electron chi connectivity index (χ4n) is 2.97. The number of hydrogen-bond donors (Lipinski definition) is 1. The first-order valence-electron chi connectivity index (χ1n) is 8.03. The van der Waals surface area contributed by atoms with Crippen molar-refractivity contribution in [2.45, 2.75) is 44.9 Å². The molecule has 0 aliphatic heterocycles. The van der Waals surface area contributed by atoms with Gasteiger partial charge in [-0.3, -0.25) is 4.79 Å². The Hall–Kier alpha value is -2.01. The van der Waals surface area contributed by atoms with Crippen LogP contribution in [0.1, 0.15) is 47.9 Å². The summed E-state index contributed by atoms with van der Waals surface area (Å²) in [4.78, 5) is 16.4. The summed E-state index contributed by atoms with van der Waals surface area (Å²) in [6, 6.07) is 10.4. The van der Waals surface area contributed by atoms with Crippen LogP contribution in [0.15, 0.2) is 40.8 Å². The number of thiazole rings is 1. The number of carbonyl (C=O) groups excluding carboxylic acids is 1. The zero-order chi connectivity index (χ0) is 16.1. The number of aryl methyl sites for hydroxylation is 1. The first-order valence-corrected chi connectivity index (χ1v) is 8.91. The second kappa shape index (κ2) is 7.51. The van der Waals surface area contributed by atoms with E-state index in [1.54, 1.807) is 0 Å². The average molecular weight is 327 g/mol. The van der Waals surface area contributed by atoms with Gasteiger partial charge in [0.15, 0.2) is 0 Å². The molecule has 1 atom stereocenters. The quantitative estimate of drug-likeness (QED) is 0.868. The third kappa shape index (κ3) is 4.26. The maximum Gasteiger partial charge on any atom is 0.246 e. The number of hydrazone groups is 1. The van der Waals surface area contributed by atoms with E-state index >= 15 is 0 Å². The van der Waals surface area contributed by atoms with Gasteiger partial charge in [-0.25, -0.2) is 10.4 Å². The highest BCUT2D eigenvalue weighted by atomic mass is 32.1. The summed E-state index contributed by atoms with van der Waals surface area (Å²) in [6.07, 6.45) is 4.71. The van der Waals surface area contributed by atoms with Crippen molar-refractivity contribution in [3.8, 4) is 0 Å². The van der Waals surface area contributed by atoms with Crippen LogP contribution >= 0.6 is 11.3 Å². The Kier molecular flexibility index (Phi) is 5.18. The van der Waals surface area contributed by atoms with Gasteiger partial charge in [-0.1, -0.05) is 36.8 Å². The molecule has 1 aromatic heterocycles. The van der Waals surface area contributed by atoms with Crippen molar-refractivity contribution in [1.82, 2.24) is 10.4 Å². The maximum absolute atomic E-state index is 12.1. The van der Waals surface area contributed by atoms with E-state index in [2.05, 4.69) is 39.8 Å². The number of amides is 1. The lowest BCUT2D eigenvalue weighted by Gasteiger charge is -2.24. The normalized spacial score (nSPS) is 19.7. The van der Waals surface area contributed by atoms with Crippen molar-refractivity contribution in [1.29, 1.82) is 0 Å². The van der Waals surface area contributed by atoms with E-state index in [9.17, 15) is 4.79 Å². The van der Waals surface area contributed by atoms with Crippen LogP contribution in [0.3, 0.4) is 0 Å². The van der Waals surface area contributed by atoms with E-state index in [-0.39, 0.29) is 5.91 Å². The molecular formula is C18H21N3OS. The molecule has 2 aromatic rings. The molecule has 0 bridgehead atoms. The van der Waals surface area contributed by atoms with Gasteiger partial charge in [0.05, 0.1) is 6.42 Å². The lowest BCUT2D eigenvalue weighted by Crippen LogP contribution is -2.25. The van der Waals surface area contributed by atoms with Gasteiger partial charge in [-0.05, 0) is 31.7 Å². The molecule has 1 saturated carbocycles. The summed E-state index contributed by atoms with van der Waals surface area (Å²) >= 11 is 1.52. The molecule has 1 aliphatic carbocycles. The Balaban J connectivity index is 1.65. The van der Waals surface area contributed by atoms with Crippen molar-refractivity contribution in [2.75, 3.05) is 0 Å². The fraction of sp³-hybridized carbons (Fsp3) is 0.389. The largest absolute Gasteiger partial charge is 0.273 e. The van der Waals surface area contributed by atoms with Gasteiger partial charge in [-0.2, -0.15) is 5.10 Å². The second-order valence-corrected chi connectivity index (χ2v) is 6.85. The summed E-state index contributed by atoms with van der Waals surface area (Å²) in [5.74, 6) is 0.233. The highest BCUT2D eigenvalue weighted by molar-refractivity contribution is 7.09. The minimum atomic E-state index is -0.0933. The molecule has 0 spiro atoms. The highest BCUT2D eigenvalue weighted by Crippen LogP contribution is 2.30. The van der Waals surface area contributed by atoms with E-state index in [4.69, 9.17) is 0 Å². The lowest BCUT2D eigenvalue weighted by atomic mass is 9.82. The lowest BCUT2D eigenvalue weighted by molar-refractivity contribution is -0.120. The Morgan fingerprint density at radius 3 is 2.91 bits per heavy atom. The summed E-state index contributed by atoms with van der Waals surface area (Å²) in [7, 11) is 0. The van der Waals surface area contributed by atoms with Gasteiger partial charge < -0.3 is 0 Å². The minimum Gasteiger partial charge on any atom is -0.273 e. The van der Waals surface area contributed by atoms with E-state index in [1.165, 1.54) is 23.3 Å². The van der Waals surface area contributed by atoms with Crippen LogP contribution in [0.25, 0.3) is 0 Å². The summed E-state index contributed by atoms with van der Waals surface area (Å²) in [6.45, 7) is 1.94. The van der Waals surface area contributed by atoms with Crippen LogP contribution in [-0.2, 0) is 11.2 Å². The summed E-state index contributed by atoms with van der Waals surface area (Å²) in [5, 5.41) is 7.23. The molecule has 1 fully saturated rings. The van der Waals surface area contributed by atoms with Gasteiger partial charge in [0.1, 0.15) is 5.01 Å². The number of carbonyl (C=O) groups is 1. The molecule has 0 saturated heterocycles. The Morgan fingerprint density at radius 1 is 1.35 bits per heavy atom. The first-order chi connectivity index (χ1) is 11.2. The van der Waals surface area contributed by atoms with Crippen LogP contribution in [0.4, 0.5) is 0 Å². The number of hydrogen-bond acceptors (Lipinski definition) is 4. The molecule has 1 aromatic carbocycles. The Labute approximate surface area is 140 Å². The molecule has 23 heavy (non-hydrogen) atoms. The Bertz CT molecular complexity index is 693. The van der Waals surface area contributed by atoms with E-state index < -0.39 is 0 Å². The zero-order valence-electron chi connectivity index (χ0n) is 13.3. The third-order valence-corrected chi connectivity index (χ3v) is 5.05. The predicted octanol–water partition coefficient (Wildman–Crippen LogP) is 3.82. The maximum atomic E-state index is 12.1. The average Bonchev–Trinajstić information content (AvgIpc) is 2.99. The van der Waals surface area contributed by atoms with Gasteiger partial charge >= 0.3 is 0 Å². The number of rotatable bonds is 4. The van der Waals surface area contributed by atoms with Crippen LogP contribution in [0, 0.1) is 6.92 Å². The molecule has 3 rings (SSSR count). The van der Waals surface area contributed by atoms with E-state index in [0.717, 1.165) is 35.7 Å². The molecule has 5 heteroatoms. The standard InChI is InChI=1S/C18H21N3OS/c1-13-12-23-18(19-13)11-17(22)21-20-16-10-6-5-9-15(16)14-7-3-2-4-8-14/h2-4,7-8,12,15H,5-6,9-11H2,1H3,(H,21,22)/t15-/m0/s1. The van der Waals surface area contributed by atoms with Crippen molar-refractivity contribution in [3.05, 3.63) is 52.0 Å². The molecule has 120 valence electrons. The molecule has 1 heterocycles. The molecule has 1 aliphatic rings. The van der Waals surface area contributed by atoms with Crippen molar-refractivity contribution in [2.24, 2.45) is 5.10 Å². The monoisotopic (exact) mass is 327 g/mol. The highest BCUT2D eigenvalue weighted by Gasteiger charge is 2.22. The van der Waals surface area contributed by atoms with Crippen LogP contribution in [0.5, 0.6) is 0 Å². The minimum absolute atomic E-state index is 0.0933. The number of benzene rings is 1. The molecule has 1 N–H and O–H groups in total. The number of nitrogens with one attached hydrogen (secondary N) is 1. The second-order valence-electron chi connectivity index (χ2n) is 5.91. The predicted molar refractivity (Wildman–Crippen MR) is 93.8 cm³/mol. The fourth-order valence-corrected chi connectivity index (χ4v) is 3.74. The Morgan fingerprint density at radius 2 is 2.17 bits per heavy atom. The van der Waals surface area contributed by atoms with Crippen molar-refractivity contribution < 1.29 is 4.79 Å².